The van der Waals surface area contributed by atoms with Crippen LogP contribution < -0.4 is 10.6 Å². The van der Waals surface area contributed by atoms with Gasteiger partial charge in [-0.15, -0.1) is 11.3 Å². The number of rotatable bonds is 7. The Hall–Kier alpha value is -2.22. The van der Waals surface area contributed by atoms with E-state index in [9.17, 15) is 9.59 Å². The van der Waals surface area contributed by atoms with Gasteiger partial charge in [0.25, 0.3) is 0 Å². The summed E-state index contributed by atoms with van der Waals surface area (Å²) in [5, 5.41) is 7.73. The molecule has 0 spiro atoms. The van der Waals surface area contributed by atoms with E-state index in [0.29, 0.717) is 6.54 Å². The van der Waals surface area contributed by atoms with Crippen LogP contribution in [0.3, 0.4) is 0 Å². The van der Waals surface area contributed by atoms with Crippen LogP contribution in [0.4, 0.5) is 5.69 Å². The summed E-state index contributed by atoms with van der Waals surface area (Å²) in [5.41, 5.74) is 2.85. The fourth-order valence-corrected chi connectivity index (χ4v) is 4.11. The molecule has 0 radical (unpaired) electrons. The summed E-state index contributed by atoms with van der Waals surface area (Å²) in [5.74, 6) is -0.310. The highest BCUT2D eigenvalue weighted by Gasteiger charge is 2.19. The Kier molecular flexibility index (Phi) is 7.19. The van der Waals surface area contributed by atoms with Crippen LogP contribution in [0.25, 0.3) is 0 Å². The Morgan fingerprint density at radius 2 is 1.64 bits per heavy atom. The van der Waals surface area contributed by atoms with Crippen molar-refractivity contribution in [3.8, 4) is 0 Å². The first-order chi connectivity index (χ1) is 13.5. The number of hydrogen-bond acceptors (Lipinski definition) is 5. The van der Waals surface area contributed by atoms with E-state index in [1.54, 1.807) is 11.3 Å². The van der Waals surface area contributed by atoms with E-state index >= 15 is 0 Å². The summed E-state index contributed by atoms with van der Waals surface area (Å²) in [6.07, 6.45) is 0. The van der Waals surface area contributed by atoms with Gasteiger partial charge in [0.15, 0.2) is 0 Å². The molecular formula is C21H28N4O2S. The molecule has 2 aromatic rings. The molecule has 150 valence electrons. The van der Waals surface area contributed by atoms with Gasteiger partial charge in [-0.2, -0.15) is 0 Å². The van der Waals surface area contributed by atoms with E-state index in [0.717, 1.165) is 49.5 Å². The standard InChI is InChI=1S/C21H28N4O2S/c1-16-5-3-6-17(2)21(16)23-19(26)13-22-20(27)15-25-10-8-24(9-11-25)14-18-7-4-12-28-18/h3-7,12H,8-11,13-15H2,1-2H3,(H,22,27)(H,23,26). The van der Waals surface area contributed by atoms with Gasteiger partial charge in [-0.1, -0.05) is 24.3 Å². The average molecular weight is 401 g/mol. The number of anilines is 1. The molecule has 0 saturated carbocycles. The number of nitrogens with zero attached hydrogens (tertiary/aromatic N) is 2. The van der Waals surface area contributed by atoms with E-state index in [-0.39, 0.29) is 18.4 Å². The van der Waals surface area contributed by atoms with Gasteiger partial charge in [0.1, 0.15) is 0 Å². The molecule has 6 nitrogen and oxygen atoms in total. The van der Waals surface area contributed by atoms with Gasteiger partial charge in [0, 0.05) is 43.3 Å². The zero-order valence-electron chi connectivity index (χ0n) is 16.5. The molecule has 1 aliphatic rings. The largest absolute Gasteiger partial charge is 0.346 e. The van der Waals surface area contributed by atoms with Gasteiger partial charge in [-0.3, -0.25) is 19.4 Å². The summed E-state index contributed by atoms with van der Waals surface area (Å²) >= 11 is 1.78. The summed E-state index contributed by atoms with van der Waals surface area (Å²) in [4.78, 5) is 30.3. The Morgan fingerprint density at radius 1 is 0.964 bits per heavy atom. The Morgan fingerprint density at radius 3 is 2.29 bits per heavy atom. The number of hydrogen-bond donors (Lipinski definition) is 2. The van der Waals surface area contributed by atoms with E-state index in [1.807, 2.05) is 32.0 Å². The highest BCUT2D eigenvalue weighted by molar-refractivity contribution is 7.09. The van der Waals surface area contributed by atoms with Crippen molar-refractivity contribution in [1.29, 1.82) is 0 Å². The number of piperazine rings is 1. The van der Waals surface area contributed by atoms with E-state index < -0.39 is 0 Å². The lowest BCUT2D eigenvalue weighted by molar-refractivity contribution is -0.125. The zero-order chi connectivity index (χ0) is 19.9. The van der Waals surface area contributed by atoms with Gasteiger partial charge in [0.05, 0.1) is 13.1 Å². The maximum atomic E-state index is 12.2. The molecule has 0 unspecified atom stereocenters. The third kappa shape index (κ3) is 5.89. The number of para-hydroxylation sites is 1. The Bertz CT molecular complexity index is 778. The van der Waals surface area contributed by atoms with Crippen molar-refractivity contribution in [2.45, 2.75) is 20.4 Å². The summed E-state index contributed by atoms with van der Waals surface area (Å²) < 4.78 is 0. The summed E-state index contributed by atoms with van der Waals surface area (Å²) in [6.45, 7) is 8.88. The highest BCUT2D eigenvalue weighted by atomic mass is 32.1. The Labute approximate surface area is 170 Å². The molecule has 1 fully saturated rings. The van der Waals surface area contributed by atoms with Gasteiger partial charge >= 0.3 is 0 Å². The number of carbonyl (C=O) groups excluding carboxylic acids is 2. The van der Waals surface area contributed by atoms with Crippen LogP contribution in [0.2, 0.25) is 0 Å². The number of thiophene rings is 1. The van der Waals surface area contributed by atoms with Crippen LogP contribution in [0.5, 0.6) is 0 Å². The fourth-order valence-electron chi connectivity index (χ4n) is 3.36. The molecule has 2 amide bonds. The third-order valence-corrected chi connectivity index (χ3v) is 5.84. The molecule has 1 aromatic heterocycles. The maximum Gasteiger partial charge on any atom is 0.243 e. The predicted molar refractivity (Wildman–Crippen MR) is 114 cm³/mol. The molecule has 28 heavy (non-hydrogen) atoms. The van der Waals surface area contributed by atoms with Gasteiger partial charge < -0.3 is 10.6 Å². The van der Waals surface area contributed by atoms with Crippen molar-refractivity contribution in [3.63, 3.8) is 0 Å². The lowest BCUT2D eigenvalue weighted by atomic mass is 10.1. The smallest absolute Gasteiger partial charge is 0.243 e. The number of carbonyl (C=O) groups is 2. The molecule has 0 bridgehead atoms. The van der Waals surface area contributed by atoms with Gasteiger partial charge in [0.2, 0.25) is 11.8 Å². The average Bonchev–Trinajstić information content (AvgIpc) is 3.18. The summed E-state index contributed by atoms with van der Waals surface area (Å²) in [6, 6.07) is 10.1. The maximum absolute atomic E-state index is 12.2. The van der Waals surface area contributed by atoms with Gasteiger partial charge in [-0.25, -0.2) is 0 Å². The monoisotopic (exact) mass is 400 g/mol. The predicted octanol–water partition coefficient (Wildman–Crippen LogP) is 2.24. The van der Waals surface area contributed by atoms with E-state index in [2.05, 4.69) is 37.9 Å². The van der Waals surface area contributed by atoms with Crippen molar-refractivity contribution >= 4 is 28.8 Å². The fraction of sp³-hybridized carbons (Fsp3) is 0.429. The van der Waals surface area contributed by atoms with Crippen molar-refractivity contribution in [3.05, 3.63) is 51.7 Å². The molecule has 2 N–H and O–H groups in total. The molecule has 0 atom stereocenters. The quantitative estimate of drug-likeness (QED) is 0.748. The topological polar surface area (TPSA) is 64.7 Å². The molecule has 2 heterocycles. The number of nitrogens with one attached hydrogen (secondary N) is 2. The third-order valence-electron chi connectivity index (χ3n) is 4.98. The number of aryl methyl sites for hydroxylation is 2. The highest BCUT2D eigenvalue weighted by Crippen LogP contribution is 2.19. The second kappa shape index (κ2) is 9.82. The van der Waals surface area contributed by atoms with Crippen LogP contribution in [-0.4, -0.2) is 60.9 Å². The second-order valence-corrected chi connectivity index (χ2v) is 8.26. The minimum Gasteiger partial charge on any atom is -0.346 e. The van der Waals surface area contributed by atoms with Crippen LogP contribution in [0, 0.1) is 13.8 Å². The molecule has 1 saturated heterocycles. The van der Waals surface area contributed by atoms with Crippen LogP contribution in [0.1, 0.15) is 16.0 Å². The van der Waals surface area contributed by atoms with Crippen molar-refractivity contribution in [1.82, 2.24) is 15.1 Å². The van der Waals surface area contributed by atoms with Crippen LogP contribution >= 0.6 is 11.3 Å². The SMILES string of the molecule is Cc1cccc(C)c1NC(=O)CNC(=O)CN1CCN(Cc2cccs2)CC1. The Balaban J connectivity index is 1.36. The lowest BCUT2D eigenvalue weighted by Crippen LogP contribution is -2.49. The summed E-state index contributed by atoms with van der Waals surface area (Å²) in [7, 11) is 0. The van der Waals surface area contributed by atoms with E-state index in [4.69, 9.17) is 0 Å². The molecule has 3 rings (SSSR count). The first-order valence-corrected chi connectivity index (χ1v) is 10.5. The molecule has 1 aliphatic heterocycles. The van der Waals surface area contributed by atoms with Crippen molar-refractivity contribution < 1.29 is 9.59 Å². The van der Waals surface area contributed by atoms with Crippen molar-refractivity contribution in [2.24, 2.45) is 0 Å². The first-order valence-electron chi connectivity index (χ1n) is 9.61. The van der Waals surface area contributed by atoms with Gasteiger partial charge in [-0.05, 0) is 36.4 Å². The normalized spacial score (nSPS) is 15.4. The second-order valence-electron chi connectivity index (χ2n) is 7.22. The molecule has 0 aliphatic carbocycles. The molecule has 7 heteroatoms. The minimum atomic E-state index is -0.202. The number of benzene rings is 1. The minimum absolute atomic E-state index is 0.00898. The first kappa shape index (κ1) is 20.5. The van der Waals surface area contributed by atoms with Crippen molar-refractivity contribution in [2.75, 3.05) is 44.6 Å². The molecular weight excluding hydrogens is 372 g/mol. The van der Waals surface area contributed by atoms with Crippen LogP contribution in [-0.2, 0) is 16.1 Å². The van der Waals surface area contributed by atoms with E-state index in [1.165, 1.54) is 4.88 Å². The number of amides is 2. The van der Waals surface area contributed by atoms with Crippen LogP contribution in [0.15, 0.2) is 35.7 Å². The lowest BCUT2D eigenvalue weighted by Gasteiger charge is -2.34. The zero-order valence-corrected chi connectivity index (χ0v) is 17.3. The molecule has 1 aromatic carbocycles.